The van der Waals surface area contributed by atoms with Crippen LogP contribution >= 0.6 is 11.6 Å². The number of nitrogens with zero attached hydrogens (tertiary/aromatic N) is 5. The minimum Gasteiger partial charge on any atom is -0.287 e. The van der Waals surface area contributed by atoms with Gasteiger partial charge in [0.25, 0.3) is 0 Å². The molecule has 43 heavy (non-hydrogen) atoms. The van der Waals surface area contributed by atoms with Crippen molar-refractivity contribution in [2.24, 2.45) is 15.4 Å². The van der Waals surface area contributed by atoms with Crippen LogP contribution in [-0.2, 0) is 0 Å². The van der Waals surface area contributed by atoms with Crippen LogP contribution in [0.25, 0.3) is 11.4 Å². The van der Waals surface area contributed by atoms with Crippen molar-refractivity contribution in [3.05, 3.63) is 139 Å². The van der Waals surface area contributed by atoms with Crippen LogP contribution in [-0.4, -0.2) is 20.7 Å². The van der Waals surface area contributed by atoms with Gasteiger partial charge in [-0.3, -0.25) is 18.7 Å². The Morgan fingerprint density at radius 2 is 1.02 bits per heavy atom. The van der Waals surface area contributed by atoms with Gasteiger partial charge in [-0.05, 0) is 93.3 Å². The molecule has 5 aromatic rings. The van der Waals surface area contributed by atoms with Gasteiger partial charge in [0, 0.05) is 16.1 Å². The molecule has 7 nitrogen and oxygen atoms in total. The molecule has 0 aliphatic heterocycles. The molecule has 0 saturated carbocycles. The minimum atomic E-state index is -0.253. The van der Waals surface area contributed by atoms with E-state index >= 15 is 0 Å². The Bertz CT molecular complexity index is 1920. The molecule has 8 heteroatoms. The van der Waals surface area contributed by atoms with Gasteiger partial charge >= 0.3 is 0 Å². The summed E-state index contributed by atoms with van der Waals surface area (Å²) in [6.45, 7) is 12.1. The maximum atomic E-state index is 14.4. The zero-order chi connectivity index (χ0) is 30.6. The van der Waals surface area contributed by atoms with Gasteiger partial charge in [0.15, 0.2) is 0 Å². The quantitative estimate of drug-likeness (QED) is 0.154. The zero-order valence-corrected chi connectivity index (χ0v) is 25.6. The van der Waals surface area contributed by atoms with Gasteiger partial charge in [-0.25, -0.2) is 0 Å². The Hall–Kier alpha value is -4.88. The molecule has 0 atom stereocenters. The van der Waals surface area contributed by atoms with E-state index in [1.54, 1.807) is 57.7 Å². The average Bonchev–Trinajstić information content (AvgIpc) is 3.26. The van der Waals surface area contributed by atoms with Crippen molar-refractivity contribution >= 4 is 28.9 Å². The van der Waals surface area contributed by atoms with Crippen molar-refractivity contribution in [3.8, 4) is 11.4 Å². The van der Waals surface area contributed by atoms with Gasteiger partial charge in [0.2, 0.25) is 17.2 Å². The number of aryl methyl sites for hydroxylation is 6. The summed E-state index contributed by atoms with van der Waals surface area (Å²) < 4.78 is 3.57. The lowest BCUT2D eigenvalue weighted by molar-refractivity contribution is 0.0971. The van der Waals surface area contributed by atoms with Gasteiger partial charge in [-0.15, -0.1) is 5.11 Å². The lowest BCUT2D eigenvalue weighted by atomic mass is 9.89. The molecule has 0 amide bonds. The molecule has 0 saturated heterocycles. The zero-order valence-electron chi connectivity index (χ0n) is 24.9. The van der Waals surface area contributed by atoms with Crippen molar-refractivity contribution in [1.82, 2.24) is 9.13 Å². The normalized spacial score (nSPS) is 12.5. The monoisotopic (exact) mass is 587 g/mol. The molecule has 0 radical (unpaired) electrons. The number of rotatable bonds is 4. The van der Waals surface area contributed by atoms with Gasteiger partial charge in [0.05, 0.1) is 17.1 Å². The van der Waals surface area contributed by atoms with E-state index in [9.17, 15) is 9.59 Å². The van der Waals surface area contributed by atoms with Crippen LogP contribution in [0.1, 0.15) is 65.5 Å². The first-order valence-electron chi connectivity index (χ1n) is 14.0. The maximum absolute atomic E-state index is 14.4. The molecule has 1 aromatic heterocycles. The molecular weight excluding hydrogens is 558 g/mol. The largest absolute Gasteiger partial charge is 0.287 e. The lowest BCUT2D eigenvalue weighted by Crippen LogP contribution is -2.27. The Labute approximate surface area is 254 Å². The Balaban J connectivity index is 1.80. The Morgan fingerprint density at radius 3 is 1.44 bits per heavy atom. The molecule has 1 aliphatic rings. The molecule has 214 valence electrons. The number of halogens is 1. The van der Waals surface area contributed by atoms with E-state index in [4.69, 9.17) is 11.6 Å². The summed E-state index contributed by atoms with van der Waals surface area (Å²) in [7, 11) is 0. The summed E-state index contributed by atoms with van der Waals surface area (Å²) in [6.07, 6.45) is 0. The highest BCUT2D eigenvalue weighted by Crippen LogP contribution is 2.33. The molecule has 1 aliphatic carbocycles. The summed E-state index contributed by atoms with van der Waals surface area (Å²) in [5, 5.41) is 13.8. The van der Waals surface area contributed by atoms with Gasteiger partial charge in [0.1, 0.15) is 11.4 Å². The van der Waals surface area contributed by atoms with Crippen LogP contribution in [0.4, 0.5) is 5.69 Å². The molecule has 1 heterocycles. The van der Waals surface area contributed by atoms with Crippen molar-refractivity contribution in [2.75, 3.05) is 0 Å². The number of ketones is 2. The number of imidazole rings is 1. The van der Waals surface area contributed by atoms with Crippen LogP contribution in [0.5, 0.6) is 0 Å². The molecule has 0 unspecified atom stereocenters. The van der Waals surface area contributed by atoms with Crippen molar-refractivity contribution in [1.29, 1.82) is 0 Å². The summed E-state index contributed by atoms with van der Waals surface area (Å²) in [4.78, 5) is 28.8. The Morgan fingerprint density at radius 1 is 0.605 bits per heavy atom. The molecule has 6 rings (SSSR count). The molecular formula is C35H30ClN5O2. The van der Waals surface area contributed by atoms with Crippen molar-refractivity contribution in [3.63, 3.8) is 0 Å². The van der Waals surface area contributed by atoms with Crippen molar-refractivity contribution < 1.29 is 9.59 Å². The third-order valence-electron chi connectivity index (χ3n) is 7.76. The van der Waals surface area contributed by atoms with Crippen LogP contribution < -0.4 is 5.62 Å². The van der Waals surface area contributed by atoms with E-state index in [-0.39, 0.29) is 23.0 Å². The van der Waals surface area contributed by atoms with Crippen LogP contribution in [0.3, 0.4) is 0 Å². The standard InChI is InChI=1S/C35H30ClN5O2/c1-19-15-21(3)29(22(4)16-19)40-31-32(34(43)28-10-8-7-9-27(28)33(31)42)41(30-23(5)17-20(2)18-24(30)6)35(40)38-39-37-26-13-11-25(36)12-14-26/h7-18H,1-6H3. The fraction of sp³-hybridized carbons (Fsp3) is 0.171. The number of carbonyl (C=O) groups is 2. The average molecular weight is 588 g/mol. The summed E-state index contributed by atoms with van der Waals surface area (Å²) >= 11 is 6.06. The topological polar surface area (TPSA) is 81.1 Å². The predicted molar refractivity (Wildman–Crippen MR) is 168 cm³/mol. The number of hydrogen-bond acceptors (Lipinski definition) is 4. The molecule has 0 bridgehead atoms. The molecule has 0 spiro atoms. The first-order valence-corrected chi connectivity index (χ1v) is 14.4. The SMILES string of the molecule is Cc1cc(C)c(-n2c3c(n(-c4c(C)cc(C)cc4C)c2=NN=Nc2ccc(Cl)cc2)C(=O)c2ccccc2C3=O)c(C)c1. The van der Waals surface area contributed by atoms with Crippen molar-refractivity contribution in [2.45, 2.75) is 41.5 Å². The fourth-order valence-electron chi connectivity index (χ4n) is 6.25. The second-order valence-corrected chi connectivity index (χ2v) is 11.6. The second kappa shape index (κ2) is 10.7. The highest BCUT2D eigenvalue weighted by molar-refractivity contribution is 6.30. The van der Waals surface area contributed by atoms with Crippen LogP contribution in [0.15, 0.2) is 88.2 Å². The first kappa shape index (κ1) is 28.2. The number of aromatic nitrogens is 2. The predicted octanol–water partition coefficient (Wildman–Crippen LogP) is 8.15. The maximum Gasteiger partial charge on any atom is 0.242 e. The fourth-order valence-corrected chi connectivity index (χ4v) is 6.38. The lowest BCUT2D eigenvalue weighted by Gasteiger charge is -2.19. The van der Waals surface area contributed by atoms with E-state index in [1.807, 2.05) is 41.5 Å². The molecule has 0 fully saturated rings. The number of benzene rings is 4. The highest BCUT2D eigenvalue weighted by atomic mass is 35.5. The van der Waals surface area contributed by atoms with E-state index in [2.05, 4.69) is 39.7 Å². The highest BCUT2D eigenvalue weighted by Gasteiger charge is 2.38. The summed E-state index contributed by atoms with van der Waals surface area (Å²) in [6, 6.07) is 22.1. The van der Waals surface area contributed by atoms with E-state index < -0.39 is 0 Å². The third kappa shape index (κ3) is 4.76. The van der Waals surface area contributed by atoms with E-state index in [0.29, 0.717) is 27.5 Å². The Kier molecular flexibility index (Phi) is 7.06. The van der Waals surface area contributed by atoms with Gasteiger partial charge in [-0.2, -0.15) is 0 Å². The number of fused-ring (bicyclic) bond motifs is 2. The smallest absolute Gasteiger partial charge is 0.242 e. The first-order chi connectivity index (χ1) is 20.6. The summed E-state index contributed by atoms with van der Waals surface area (Å²) in [5.74, 6) is -0.506. The van der Waals surface area contributed by atoms with Crippen LogP contribution in [0.2, 0.25) is 5.02 Å². The summed E-state index contributed by atoms with van der Waals surface area (Å²) in [5.41, 5.74) is 9.53. The van der Waals surface area contributed by atoms with Gasteiger partial charge < -0.3 is 0 Å². The molecule has 4 aromatic carbocycles. The van der Waals surface area contributed by atoms with Gasteiger partial charge in [-0.1, -0.05) is 76.4 Å². The minimum absolute atomic E-state index is 0.249. The molecule has 0 N–H and O–H groups in total. The third-order valence-corrected chi connectivity index (χ3v) is 8.01. The number of carbonyl (C=O) groups excluding carboxylic acids is 2. The number of hydrogen-bond donors (Lipinski definition) is 0. The second-order valence-electron chi connectivity index (χ2n) is 11.1. The van der Waals surface area contributed by atoms with Crippen LogP contribution in [0, 0.1) is 41.5 Å². The van der Waals surface area contributed by atoms with E-state index in [1.165, 1.54) is 0 Å². The van der Waals surface area contributed by atoms with E-state index in [0.717, 1.165) is 44.8 Å².